The number of esters is 1. The Labute approximate surface area is 218 Å². The molecule has 0 saturated heterocycles. The first-order valence-electron chi connectivity index (χ1n) is 12.0. The van der Waals surface area contributed by atoms with E-state index < -0.39 is 11.2 Å². The van der Waals surface area contributed by atoms with Gasteiger partial charge in [-0.2, -0.15) is 0 Å². The molecule has 1 N–H and O–H groups in total. The van der Waals surface area contributed by atoms with Gasteiger partial charge in [0.1, 0.15) is 4.88 Å². The summed E-state index contributed by atoms with van der Waals surface area (Å²) in [6.45, 7) is 14.2. The number of ether oxygens (including phenoxy) is 1. The molecule has 4 aromatic rings. The molecule has 3 aromatic heterocycles. The summed E-state index contributed by atoms with van der Waals surface area (Å²) in [6.07, 6.45) is 0.584. The molecule has 8 nitrogen and oxygen atoms in total. The molecule has 190 valence electrons. The third-order valence-electron chi connectivity index (χ3n) is 5.77. The monoisotopic (exact) mass is 525 g/mol. The summed E-state index contributed by atoms with van der Waals surface area (Å²) in [6, 6.07) is 6.34. The quantitative estimate of drug-likeness (QED) is 0.226. The van der Waals surface area contributed by atoms with Crippen molar-refractivity contribution in [1.29, 1.82) is 0 Å². The Kier molecular flexibility index (Phi) is 7.65. The maximum atomic E-state index is 13.2. The largest absolute Gasteiger partial charge is 0.461 e. The van der Waals surface area contributed by atoms with Crippen LogP contribution in [0.3, 0.4) is 0 Å². The molecule has 0 radical (unpaired) electrons. The zero-order valence-electron chi connectivity index (χ0n) is 21.6. The van der Waals surface area contributed by atoms with Crippen molar-refractivity contribution >= 4 is 56.7 Å². The van der Waals surface area contributed by atoms with E-state index in [4.69, 9.17) is 4.74 Å². The molecule has 0 aliphatic carbocycles. The van der Waals surface area contributed by atoms with Crippen LogP contribution in [0.25, 0.3) is 16.6 Å². The molecule has 36 heavy (non-hydrogen) atoms. The lowest BCUT2D eigenvalue weighted by Crippen LogP contribution is -2.24. The number of rotatable bonds is 8. The van der Waals surface area contributed by atoms with Crippen molar-refractivity contribution in [3.63, 3.8) is 0 Å². The normalized spacial score (nSPS) is 12.4. The first-order chi connectivity index (χ1) is 17.1. The molecule has 1 amide bonds. The number of hydrogen-bond acceptors (Lipinski definition) is 8. The van der Waals surface area contributed by atoms with Gasteiger partial charge in [-0.25, -0.2) is 9.78 Å². The Morgan fingerprint density at radius 3 is 2.56 bits per heavy atom. The van der Waals surface area contributed by atoms with Crippen LogP contribution >= 0.6 is 23.1 Å². The molecular weight excluding hydrogens is 494 g/mol. The van der Waals surface area contributed by atoms with Crippen LogP contribution in [0.2, 0.25) is 0 Å². The minimum absolute atomic E-state index is 0.195. The summed E-state index contributed by atoms with van der Waals surface area (Å²) in [5.74, 6) is -0.367. The number of nitrogens with one attached hydrogen (secondary N) is 1. The van der Waals surface area contributed by atoms with Gasteiger partial charge in [-0.3, -0.25) is 9.20 Å². The predicted molar refractivity (Wildman–Crippen MR) is 145 cm³/mol. The fourth-order valence-corrected chi connectivity index (χ4v) is 5.90. The third-order valence-corrected chi connectivity index (χ3v) is 8.13. The summed E-state index contributed by atoms with van der Waals surface area (Å²) >= 11 is 2.51. The fourth-order valence-electron chi connectivity index (χ4n) is 4.07. The maximum absolute atomic E-state index is 13.2. The smallest absolute Gasteiger partial charge is 0.350 e. The standard InChI is InChI=1S/C26H31N5O3S2/c1-8-19(23(32)28-25-27-17(7)22(36-25)24(33)34-12-13(2)3)35-26-30-29-20-11-15(5)18-10-14(4)9-16(6)21(18)31(20)26/h9-11,13,19H,8,12H2,1-7H3,(H,27,28,32). The molecule has 10 heteroatoms. The van der Waals surface area contributed by atoms with Gasteiger partial charge in [0.05, 0.1) is 23.1 Å². The van der Waals surface area contributed by atoms with Crippen molar-refractivity contribution < 1.29 is 14.3 Å². The fraction of sp³-hybridized carbons (Fsp3) is 0.423. The zero-order valence-corrected chi connectivity index (χ0v) is 23.3. The van der Waals surface area contributed by atoms with E-state index in [0.717, 1.165) is 39.0 Å². The molecule has 0 bridgehead atoms. The minimum atomic E-state index is -0.417. The highest BCUT2D eigenvalue weighted by molar-refractivity contribution is 8.00. The summed E-state index contributed by atoms with van der Waals surface area (Å²) in [4.78, 5) is 30.4. The first-order valence-corrected chi connectivity index (χ1v) is 13.7. The maximum Gasteiger partial charge on any atom is 0.350 e. The Hall–Kier alpha value is -2.98. The molecule has 0 aliphatic rings. The van der Waals surface area contributed by atoms with E-state index in [9.17, 15) is 9.59 Å². The van der Waals surface area contributed by atoms with E-state index in [1.54, 1.807) is 6.92 Å². The van der Waals surface area contributed by atoms with Crippen LogP contribution in [0.5, 0.6) is 0 Å². The van der Waals surface area contributed by atoms with Crippen molar-refractivity contribution in [3.8, 4) is 0 Å². The number of pyridine rings is 1. The number of benzene rings is 1. The number of fused-ring (bicyclic) bond motifs is 3. The van der Waals surface area contributed by atoms with E-state index in [2.05, 4.69) is 53.4 Å². The molecule has 1 atom stereocenters. The minimum Gasteiger partial charge on any atom is -0.461 e. The number of hydrogen-bond donors (Lipinski definition) is 1. The van der Waals surface area contributed by atoms with Crippen LogP contribution in [0.15, 0.2) is 23.4 Å². The van der Waals surface area contributed by atoms with Crippen molar-refractivity contribution in [2.24, 2.45) is 5.92 Å². The van der Waals surface area contributed by atoms with Crippen molar-refractivity contribution in [2.75, 3.05) is 11.9 Å². The van der Waals surface area contributed by atoms with E-state index in [1.165, 1.54) is 17.3 Å². The van der Waals surface area contributed by atoms with Crippen LogP contribution in [0.1, 0.15) is 59.2 Å². The van der Waals surface area contributed by atoms with E-state index in [-0.39, 0.29) is 11.8 Å². The number of aryl methyl sites for hydroxylation is 4. The molecule has 0 saturated carbocycles. The average Bonchev–Trinajstić information content (AvgIpc) is 3.38. The average molecular weight is 526 g/mol. The van der Waals surface area contributed by atoms with Gasteiger partial charge in [-0.05, 0) is 63.3 Å². The van der Waals surface area contributed by atoms with Crippen molar-refractivity contribution in [1.82, 2.24) is 19.6 Å². The van der Waals surface area contributed by atoms with Crippen LogP contribution < -0.4 is 5.32 Å². The number of aromatic nitrogens is 4. The molecule has 4 rings (SSSR count). The molecule has 0 fully saturated rings. The Morgan fingerprint density at radius 1 is 1.11 bits per heavy atom. The van der Waals surface area contributed by atoms with Crippen LogP contribution in [0, 0.1) is 33.6 Å². The molecule has 1 unspecified atom stereocenters. The summed E-state index contributed by atoms with van der Waals surface area (Å²) in [7, 11) is 0. The van der Waals surface area contributed by atoms with Gasteiger partial charge in [0.2, 0.25) is 5.91 Å². The number of carbonyl (C=O) groups is 2. The number of thioether (sulfide) groups is 1. The van der Waals surface area contributed by atoms with Crippen LogP contribution in [-0.4, -0.2) is 43.3 Å². The second-order valence-electron chi connectivity index (χ2n) is 9.41. The van der Waals surface area contributed by atoms with Gasteiger partial charge in [-0.15, -0.1) is 10.2 Å². The Bertz CT molecular complexity index is 1460. The number of carbonyl (C=O) groups excluding carboxylic acids is 2. The number of amides is 1. The second kappa shape index (κ2) is 10.6. The lowest BCUT2D eigenvalue weighted by molar-refractivity contribution is -0.115. The molecular formula is C26H31N5O3S2. The second-order valence-corrected chi connectivity index (χ2v) is 11.6. The lowest BCUT2D eigenvalue weighted by Gasteiger charge is -2.14. The van der Waals surface area contributed by atoms with Crippen LogP contribution in [0.4, 0.5) is 5.13 Å². The molecule has 0 spiro atoms. The summed E-state index contributed by atoms with van der Waals surface area (Å²) in [5, 5.41) is 13.5. The number of nitrogens with zero attached hydrogens (tertiary/aromatic N) is 4. The van der Waals surface area contributed by atoms with Gasteiger partial charge >= 0.3 is 5.97 Å². The highest BCUT2D eigenvalue weighted by Crippen LogP contribution is 2.32. The van der Waals surface area contributed by atoms with E-state index in [1.807, 2.05) is 31.2 Å². The van der Waals surface area contributed by atoms with Crippen LogP contribution in [-0.2, 0) is 9.53 Å². The van der Waals surface area contributed by atoms with E-state index in [0.29, 0.717) is 33.9 Å². The topological polar surface area (TPSA) is 98.5 Å². The first kappa shape index (κ1) is 26.1. The van der Waals surface area contributed by atoms with Gasteiger partial charge < -0.3 is 10.1 Å². The van der Waals surface area contributed by atoms with Gasteiger partial charge in [0.25, 0.3) is 0 Å². The predicted octanol–water partition coefficient (Wildman–Crippen LogP) is 5.89. The molecule has 1 aromatic carbocycles. The van der Waals surface area contributed by atoms with Crippen molar-refractivity contribution in [3.05, 3.63) is 45.5 Å². The molecule has 3 heterocycles. The number of thiazole rings is 1. The Morgan fingerprint density at radius 2 is 1.86 bits per heavy atom. The van der Waals surface area contributed by atoms with Crippen molar-refractivity contribution in [2.45, 2.75) is 65.3 Å². The highest BCUT2D eigenvalue weighted by Gasteiger charge is 2.25. The van der Waals surface area contributed by atoms with Gasteiger partial charge in [-0.1, -0.05) is 55.5 Å². The summed E-state index contributed by atoms with van der Waals surface area (Å²) < 4.78 is 7.36. The highest BCUT2D eigenvalue weighted by atomic mass is 32.2. The summed E-state index contributed by atoms with van der Waals surface area (Å²) in [5.41, 5.74) is 5.82. The SMILES string of the molecule is CCC(Sc1nnc2cc(C)c3cc(C)cc(C)c3n12)C(=O)Nc1nc(C)c(C(=O)OCC(C)C)s1. The number of anilines is 1. The van der Waals surface area contributed by atoms with Gasteiger partial charge in [0, 0.05) is 5.39 Å². The zero-order chi connectivity index (χ0) is 26.1. The third kappa shape index (κ3) is 5.24. The molecule has 0 aliphatic heterocycles. The van der Waals surface area contributed by atoms with Gasteiger partial charge in [0.15, 0.2) is 15.9 Å². The lowest BCUT2D eigenvalue weighted by atomic mass is 10.0. The Balaban J connectivity index is 1.58. The van der Waals surface area contributed by atoms with E-state index >= 15 is 0 Å².